The third-order valence-corrected chi connectivity index (χ3v) is 5.59. The topological polar surface area (TPSA) is 66.8 Å². The van der Waals surface area contributed by atoms with E-state index in [0.29, 0.717) is 0 Å². The maximum atomic E-state index is 4.92. The van der Waals surface area contributed by atoms with Gasteiger partial charge in [-0.15, -0.1) is 0 Å². The number of pyridine rings is 1. The monoisotopic (exact) mass is 354 g/mol. The number of nitrogens with zero attached hydrogens (tertiary/aromatic N) is 3. The van der Waals surface area contributed by atoms with Crippen LogP contribution in [0.2, 0.25) is 0 Å². The Morgan fingerprint density at radius 3 is 2.80 bits per heavy atom. The molecule has 1 aliphatic heterocycles. The Morgan fingerprint density at radius 2 is 1.96 bits per heavy atom. The highest BCUT2D eigenvalue weighted by molar-refractivity contribution is 8.00. The van der Waals surface area contributed by atoms with Gasteiger partial charge < -0.3 is 16.0 Å². The number of anilines is 1. The molecule has 1 aromatic carbocycles. The van der Waals surface area contributed by atoms with Gasteiger partial charge in [-0.25, -0.2) is 0 Å². The van der Waals surface area contributed by atoms with Gasteiger partial charge in [-0.05, 0) is 32.3 Å². The van der Waals surface area contributed by atoms with Crippen LogP contribution in [0.15, 0.2) is 40.4 Å². The van der Waals surface area contributed by atoms with Crippen molar-refractivity contribution in [2.24, 2.45) is 0 Å². The van der Waals surface area contributed by atoms with Crippen molar-refractivity contribution < 1.29 is 0 Å². The Morgan fingerprint density at radius 1 is 1.08 bits per heavy atom. The van der Waals surface area contributed by atoms with E-state index < -0.39 is 0 Å². The van der Waals surface area contributed by atoms with E-state index in [0.717, 1.165) is 37.4 Å². The molecule has 0 bridgehead atoms. The number of aromatic nitrogens is 3. The summed E-state index contributed by atoms with van der Waals surface area (Å²) in [6.07, 6.45) is 3.78. The van der Waals surface area contributed by atoms with E-state index in [2.05, 4.69) is 43.8 Å². The summed E-state index contributed by atoms with van der Waals surface area (Å²) in [5, 5.41) is 16.1. The van der Waals surface area contributed by atoms with E-state index in [4.69, 9.17) is 5.10 Å². The Kier molecular flexibility index (Phi) is 4.61. The lowest BCUT2D eigenvalue weighted by atomic mass is 10.1. The van der Waals surface area contributed by atoms with Gasteiger partial charge in [-0.2, -0.15) is 5.10 Å². The zero-order chi connectivity index (χ0) is 17.2. The summed E-state index contributed by atoms with van der Waals surface area (Å²) in [6, 6.07) is 6.42. The molecule has 0 atom stereocenters. The van der Waals surface area contributed by atoms with Gasteiger partial charge >= 0.3 is 0 Å². The first kappa shape index (κ1) is 16.4. The van der Waals surface area contributed by atoms with Gasteiger partial charge in [0.05, 0.1) is 12.1 Å². The predicted molar refractivity (Wildman–Crippen MR) is 103 cm³/mol. The van der Waals surface area contributed by atoms with Crippen LogP contribution < -0.4 is 16.0 Å². The molecule has 0 radical (unpaired) electrons. The molecule has 0 saturated carbocycles. The molecule has 3 heterocycles. The van der Waals surface area contributed by atoms with Crippen molar-refractivity contribution in [3.8, 4) is 11.3 Å². The Bertz CT molecular complexity index is 904. The average molecular weight is 354 g/mol. The first-order valence-corrected chi connectivity index (χ1v) is 9.34. The molecule has 0 unspecified atom stereocenters. The minimum Gasteiger partial charge on any atom is -0.383 e. The SMILES string of the molecule is CNCCNc1ccc2c3c(nn2CCNC)-c2cnccc2Sc13. The van der Waals surface area contributed by atoms with Gasteiger partial charge in [-0.1, -0.05) is 11.8 Å². The van der Waals surface area contributed by atoms with E-state index in [1.54, 1.807) is 11.8 Å². The van der Waals surface area contributed by atoms with E-state index in [1.165, 1.54) is 26.4 Å². The standard InChI is InChI=1S/C18H22N6S/c1-19-7-8-22-13-3-4-14-16-17(23-24(14)10-9-20-2)12-11-21-6-5-15(12)25-18(13)16/h3-6,11,19-20,22H,7-10H2,1-2H3. The summed E-state index contributed by atoms with van der Waals surface area (Å²) < 4.78 is 2.10. The van der Waals surface area contributed by atoms with E-state index in [1.807, 2.05) is 26.5 Å². The highest BCUT2D eigenvalue weighted by Crippen LogP contribution is 2.49. The molecule has 3 N–H and O–H groups in total. The lowest BCUT2D eigenvalue weighted by molar-refractivity contribution is 0.602. The van der Waals surface area contributed by atoms with Crippen molar-refractivity contribution in [3.63, 3.8) is 0 Å². The van der Waals surface area contributed by atoms with Crippen LogP contribution in [-0.4, -0.2) is 48.5 Å². The van der Waals surface area contributed by atoms with Crippen LogP contribution in [-0.2, 0) is 6.54 Å². The summed E-state index contributed by atoms with van der Waals surface area (Å²) in [6.45, 7) is 3.55. The zero-order valence-electron chi connectivity index (χ0n) is 14.5. The van der Waals surface area contributed by atoms with Gasteiger partial charge in [-0.3, -0.25) is 9.67 Å². The van der Waals surface area contributed by atoms with Gasteiger partial charge in [0.25, 0.3) is 0 Å². The second-order valence-corrected chi connectivity index (χ2v) is 7.07. The molecule has 0 spiro atoms. The maximum absolute atomic E-state index is 4.92. The molecule has 3 aromatic rings. The maximum Gasteiger partial charge on any atom is 0.104 e. The zero-order valence-corrected chi connectivity index (χ0v) is 15.3. The second-order valence-electron chi connectivity index (χ2n) is 6.02. The lowest BCUT2D eigenvalue weighted by Crippen LogP contribution is -2.18. The van der Waals surface area contributed by atoms with Crippen molar-refractivity contribution in [1.82, 2.24) is 25.4 Å². The van der Waals surface area contributed by atoms with Crippen LogP contribution in [0.1, 0.15) is 0 Å². The molecular weight excluding hydrogens is 332 g/mol. The van der Waals surface area contributed by atoms with Crippen LogP contribution in [0.3, 0.4) is 0 Å². The van der Waals surface area contributed by atoms with E-state index >= 15 is 0 Å². The van der Waals surface area contributed by atoms with Crippen LogP contribution in [0.4, 0.5) is 5.69 Å². The quantitative estimate of drug-likeness (QED) is 0.443. The summed E-state index contributed by atoms with van der Waals surface area (Å²) in [7, 11) is 3.94. The largest absolute Gasteiger partial charge is 0.383 e. The number of likely N-dealkylation sites (N-methyl/N-ethyl adjacent to an activating group) is 2. The smallest absolute Gasteiger partial charge is 0.104 e. The Hall–Kier alpha value is -2.09. The highest BCUT2D eigenvalue weighted by atomic mass is 32.2. The third-order valence-electron chi connectivity index (χ3n) is 4.38. The molecule has 6 nitrogen and oxygen atoms in total. The number of nitrogens with one attached hydrogen (secondary N) is 3. The number of rotatable bonds is 7. The van der Waals surface area contributed by atoms with Crippen LogP contribution >= 0.6 is 11.8 Å². The van der Waals surface area contributed by atoms with Crippen molar-refractivity contribution in [2.45, 2.75) is 16.3 Å². The second kappa shape index (κ2) is 7.03. The molecule has 0 aliphatic carbocycles. The van der Waals surface area contributed by atoms with Crippen molar-refractivity contribution in [1.29, 1.82) is 0 Å². The predicted octanol–water partition coefficient (Wildman–Crippen LogP) is 2.41. The van der Waals surface area contributed by atoms with Crippen molar-refractivity contribution in [2.75, 3.05) is 39.0 Å². The van der Waals surface area contributed by atoms with Gasteiger partial charge in [0, 0.05) is 58.5 Å². The molecule has 130 valence electrons. The van der Waals surface area contributed by atoms with Crippen LogP contribution in [0.5, 0.6) is 0 Å². The van der Waals surface area contributed by atoms with Crippen LogP contribution in [0.25, 0.3) is 22.2 Å². The summed E-state index contributed by atoms with van der Waals surface area (Å²) in [4.78, 5) is 6.79. The fourth-order valence-corrected chi connectivity index (χ4v) is 4.30. The number of hydrogen-bond donors (Lipinski definition) is 3. The van der Waals surface area contributed by atoms with E-state index in [9.17, 15) is 0 Å². The molecule has 0 amide bonds. The van der Waals surface area contributed by atoms with Crippen molar-refractivity contribution in [3.05, 3.63) is 30.6 Å². The Labute approximate surface area is 151 Å². The van der Waals surface area contributed by atoms with Gasteiger partial charge in [0.2, 0.25) is 0 Å². The van der Waals surface area contributed by atoms with Gasteiger partial charge in [0.1, 0.15) is 5.69 Å². The highest BCUT2D eigenvalue weighted by Gasteiger charge is 2.26. The fraction of sp³-hybridized carbons (Fsp3) is 0.333. The molecule has 1 aliphatic rings. The number of fused-ring (bicyclic) bond motifs is 2. The van der Waals surface area contributed by atoms with Crippen molar-refractivity contribution >= 4 is 28.4 Å². The van der Waals surface area contributed by atoms with Crippen LogP contribution in [0, 0.1) is 0 Å². The number of benzene rings is 1. The summed E-state index contributed by atoms with van der Waals surface area (Å²) in [5.74, 6) is 0. The first-order chi connectivity index (χ1) is 12.3. The minimum absolute atomic E-state index is 0.846. The Balaban J connectivity index is 1.86. The molecule has 0 fully saturated rings. The third kappa shape index (κ3) is 2.88. The average Bonchev–Trinajstić information content (AvgIpc) is 3.02. The summed E-state index contributed by atoms with van der Waals surface area (Å²) >= 11 is 1.80. The number of hydrogen-bond acceptors (Lipinski definition) is 6. The fourth-order valence-electron chi connectivity index (χ4n) is 3.14. The molecule has 0 saturated heterocycles. The van der Waals surface area contributed by atoms with Gasteiger partial charge in [0.15, 0.2) is 0 Å². The molecule has 4 rings (SSSR count). The normalized spacial score (nSPS) is 12.4. The molecular formula is C18H22N6S. The molecule has 25 heavy (non-hydrogen) atoms. The first-order valence-electron chi connectivity index (χ1n) is 8.52. The van der Waals surface area contributed by atoms with E-state index in [-0.39, 0.29) is 0 Å². The molecule has 7 heteroatoms. The minimum atomic E-state index is 0.846. The lowest BCUT2D eigenvalue weighted by Gasteiger charge is -2.18. The summed E-state index contributed by atoms with van der Waals surface area (Å²) in [5.41, 5.74) is 4.52. The molecule has 2 aromatic heterocycles.